The lowest BCUT2D eigenvalue weighted by molar-refractivity contribution is 0.227. The average molecular weight is 294 g/mol. The highest BCUT2D eigenvalue weighted by Gasteiger charge is 2.14. The molecule has 0 aromatic heterocycles. The Morgan fingerprint density at radius 1 is 1.10 bits per heavy atom. The summed E-state index contributed by atoms with van der Waals surface area (Å²) in [6.07, 6.45) is 8.52. The van der Waals surface area contributed by atoms with Crippen molar-refractivity contribution in [2.24, 2.45) is 0 Å². The van der Waals surface area contributed by atoms with E-state index in [1.165, 1.54) is 43.9 Å². The van der Waals surface area contributed by atoms with Crippen LogP contribution in [0, 0.1) is 0 Å². The third kappa shape index (κ3) is 7.59. The Morgan fingerprint density at radius 2 is 1.80 bits per heavy atom. The van der Waals surface area contributed by atoms with Gasteiger partial charge in [0, 0.05) is 5.25 Å². The number of ether oxygens (including phenoxy) is 1. The van der Waals surface area contributed by atoms with Crippen molar-refractivity contribution in [1.29, 1.82) is 0 Å². The highest BCUT2D eigenvalue weighted by molar-refractivity contribution is 8.13. The molecule has 1 rings (SSSR count). The van der Waals surface area contributed by atoms with Crippen molar-refractivity contribution < 1.29 is 9.53 Å². The summed E-state index contributed by atoms with van der Waals surface area (Å²) in [6.45, 7) is 4.36. The highest BCUT2D eigenvalue weighted by Crippen LogP contribution is 2.24. The maximum Gasteiger partial charge on any atom is 0.372 e. The zero-order chi connectivity index (χ0) is 14.6. The van der Waals surface area contributed by atoms with Crippen LogP contribution in [0.2, 0.25) is 0 Å². The quantitative estimate of drug-likeness (QED) is 0.409. The van der Waals surface area contributed by atoms with Gasteiger partial charge in [0.1, 0.15) is 5.75 Å². The van der Waals surface area contributed by atoms with Gasteiger partial charge in [-0.25, -0.2) is 4.79 Å². The molecule has 0 aliphatic carbocycles. The number of hydrogen-bond donors (Lipinski definition) is 0. The molecule has 2 nitrogen and oxygen atoms in total. The van der Waals surface area contributed by atoms with Crippen molar-refractivity contribution >= 4 is 17.1 Å². The van der Waals surface area contributed by atoms with Crippen molar-refractivity contribution in [2.45, 2.75) is 64.0 Å². The summed E-state index contributed by atoms with van der Waals surface area (Å²) in [4.78, 5) is 11.9. The molecule has 0 amide bonds. The molecule has 0 saturated carbocycles. The van der Waals surface area contributed by atoms with E-state index >= 15 is 0 Å². The number of carbonyl (C=O) groups is 1. The maximum absolute atomic E-state index is 11.9. The summed E-state index contributed by atoms with van der Waals surface area (Å²) >= 11 is 1.34. The third-order valence-corrected chi connectivity index (χ3v) is 4.47. The van der Waals surface area contributed by atoms with Crippen LogP contribution in [0.5, 0.6) is 5.75 Å². The van der Waals surface area contributed by atoms with Gasteiger partial charge in [-0.15, -0.1) is 0 Å². The van der Waals surface area contributed by atoms with Crippen LogP contribution in [0.25, 0.3) is 0 Å². The van der Waals surface area contributed by atoms with Crippen LogP contribution in [-0.2, 0) is 0 Å². The van der Waals surface area contributed by atoms with E-state index in [0.29, 0.717) is 11.0 Å². The fraction of sp³-hybridized carbons (Fsp3) is 0.588. The first-order valence-corrected chi connectivity index (χ1v) is 8.57. The molecule has 1 aromatic carbocycles. The predicted molar refractivity (Wildman–Crippen MR) is 87.5 cm³/mol. The van der Waals surface area contributed by atoms with Gasteiger partial charge in [0.05, 0.1) is 0 Å². The second kappa shape index (κ2) is 10.8. The molecule has 0 heterocycles. The van der Waals surface area contributed by atoms with Crippen molar-refractivity contribution in [2.75, 3.05) is 0 Å². The van der Waals surface area contributed by atoms with Gasteiger partial charge in [-0.1, -0.05) is 64.2 Å². The van der Waals surface area contributed by atoms with E-state index in [1.54, 1.807) is 0 Å². The minimum Gasteiger partial charge on any atom is -0.418 e. The molecule has 3 heteroatoms. The van der Waals surface area contributed by atoms with Crippen LogP contribution in [0.1, 0.15) is 58.8 Å². The number of carbonyl (C=O) groups excluding carboxylic acids is 1. The Hall–Kier alpha value is -0.960. The predicted octanol–water partition coefficient (Wildman–Crippen LogP) is 6.06. The molecule has 0 N–H and O–H groups in total. The SMILES string of the molecule is CCCCCCCC(CC)SC(=O)Oc1ccccc1. The van der Waals surface area contributed by atoms with Gasteiger partial charge in [-0.3, -0.25) is 0 Å². The Kier molecular flexibility index (Phi) is 9.22. The van der Waals surface area contributed by atoms with E-state index in [-0.39, 0.29) is 5.30 Å². The minimum absolute atomic E-state index is 0.184. The van der Waals surface area contributed by atoms with Gasteiger partial charge in [-0.05, 0) is 36.7 Å². The van der Waals surface area contributed by atoms with Gasteiger partial charge in [0.25, 0.3) is 0 Å². The smallest absolute Gasteiger partial charge is 0.372 e. The first-order valence-electron chi connectivity index (χ1n) is 7.69. The van der Waals surface area contributed by atoms with E-state index in [0.717, 1.165) is 12.8 Å². The number of para-hydroxylation sites is 1. The summed E-state index contributed by atoms with van der Waals surface area (Å²) in [6, 6.07) is 9.28. The fourth-order valence-corrected chi connectivity index (χ4v) is 2.93. The number of thioether (sulfide) groups is 1. The van der Waals surface area contributed by atoms with Crippen LogP contribution < -0.4 is 4.74 Å². The first kappa shape index (κ1) is 17.1. The van der Waals surface area contributed by atoms with Crippen molar-refractivity contribution in [3.05, 3.63) is 30.3 Å². The van der Waals surface area contributed by atoms with E-state index in [9.17, 15) is 4.79 Å². The number of rotatable bonds is 9. The average Bonchev–Trinajstić information content (AvgIpc) is 2.46. The Labute approximate surface area is 127 Å². The van der Waals surface area contributed by atoms with Crippen molar-refractivity contribution in [3.63, 3.8) is 0 Å². The van der Waals surface area contributed by atoms with Crippen molar-refractivity contribution in [3.8, 4) is 5.75 Å². The second-order valence-electron chi connectivity index (χ2n) is 5.02. The molecule has 0 radical (unpaired) electrons. The van der Waals surface area contributed by atoms with Crippen LogP contribution in [0.3, 0.4) is 0 Å². The summed E-state index contributed by atoms with van der Waals surface area (Å²) in [5.74, 6) is 0.628. The lowest BCUT2D eigenvalue weighted by Gasteiger charge is -2.13. The zero-order valence-corrected chi connectivity index (χ0v) is 13.5. The molecule has 1 unspecified atom stereocenters. The monoisotopic (exact) mass is 294 g/mol. The van der Waals surface area contributed by atoms with Crippen LogP contribution >= 0.6 is 11.8 Å². The number of benzene rings is 1. The van der Waals surface area contributed by atoms with Gasteiger partial charge < -0.3 is 4.74 Å². The number of hydrogen-bond acceptors (Lipinski definition) is 3. The van der Waals surface area contributed by atoms with E-state index < -0.39 is 0 Å². The van der Waals surface area contributed by atoms with Crippen LogP contribution in [0.4, 0.5) is 4.79 Å². The standard InChI is InChI=1S/C17H26O2S/c1-3-5-6-7-11-14-16(4-2)20-17(18)19-15-12-9-8-10-13-15/h8-10,12-13,16H,3-7,11,14H2,1-2H3. The highest BCUT2D eigenvalue weighted by atomic mass is 32.2. The van der Waals surface area contributed by atoms with Gasteiger partial charge in [-0.2, -0.15) is 0 Å². The Bertz CT molecular complexity index is 365. The normalized spacial score (nSPS) is 12.1. The molecule has 20 heavy (non-hydrogen) atoms. The minimum atomic E-state index is -0.184. The summed E-state index contributed by atoms with van der Waals surface area (Å²) in [5.41, 5.74) is 0. The van der Waals surface area contributed by atoms with Gasteiger partial charge in [0.15, 0.2) is 0 Å². The summed E-state index contributed by atoms with van der Waals surface area (Å²) in [7, 11) is 0. The van der Waals surface area contributed by atoms with Crippen LogP contribution in [0.15, 0.2) is 30.3 Å². The van der Waals surface area contributed by atoms with Crippen molar-refractivity contribution in [1.82, 2.24) is 0 Å². The van der Waals surface area contributed by atoms with Crippen LogP contribution in [-0.4, -0.2) is 10.6 Å². The lowest BCUT2D eigenvalue weighted by Crippen LogP contribution is -2.09. The third-order valence-electron chi connectivity index (χ3n) is 3.29. The van der Waals surface area contributed by atoms with E-state index in [2.05, 4.69) is 13.8 Å². The molecule has 0 saturated heterocycles. The largest absolute Gasteiger partial charge is 0.418 e. The number of unbranched alkanes of at least 4 members (excludes halogenated alkanes) is 4. The Balaban J connectivity index is 2.23. The van der Waals surface area contributed by atoms with E-state index in [4.69, 9.17) is 4.74 Å². The zero-order valence-electron chi connectivity index (χ0n) is 12.6. The van der Waals surface area contributed by atoms with Gasteiger partial charge in [0.2, 0.25) is 0 Å². The molecular formula is C17H26O2S. The topological polar surface area (TPSA) is 26.3 Å². The van der Waals surface area contributed by atoms with E-state index in [1.807, 2.05) is 30.3 Å². The molecule has 112 valence electrons. The summed E-state index contributed by atoms with van der Waals surface area (Å²) < 4.78 is 5.32. The molecule has 0 bridgehead atoms. The molecule has 0 spiro atoms. The maximum atomic E-state index is 11.9. The molecule has 0 fully saturated rings. The Morgan fingerprint density at radius 3 is 2.45 bits per heavy atom. The molecule has 0 aliphatic heterocycles. The summed E-state index contributed by atoms with van der Waals surface area (Å²) in [5, 5.41) is 0.199. The molecule has 1 aromatic rings. The molecular weight excluding hydrogens is 268 g/mol. The van der Waals surface area contributed by atoms with Gasteiger partial charge >= 0.3 is 5.30 Å². The molecule has 0 aliphatic rings. The molecule has 1 atom stereocenters. The first-order chi connectivity index (χ1) is 9.76. The lowest BCUT2D eigenvalue weighted by atomic mass is 10.1. The second-order valence-corrected chi connectivity index (χ2v) is 6.25. The fourth-order valence-electron chi connectivity index (χ4n) is 2.07.